The van der Waals surface area contributed by atoms with Crippen LogP contribution in [0.2, 0.25) is 0 Å². The first-order chi connectivity index (χ1) is 13.4. The average molecular weight is 383 g/mol. The number of carbonyl (C=O) groups is 2. The number of esters is 1. The Balaban J connectivity index is 1.71. The van der Waals surface area contributed by atoms with Crippen LogP contribution in [0.4, 0.5) is 11.4 Å². The minimum Gasteiger partial charge on any atom is -0.495 e. The number of anilines is 1. The van der Waals surface area contributed by atoms with E-state index in [4.69, 9.17) is 9.47 Å². The number of nitrogens with zero attached hydrogens (tertiary/aromatic N) is 1. The normalized spacial score (nSPS) is 11.6. The summed E-state index contributed by atoms with van der Waals surface area (Å²) in [7, 11) is 1.37. The Kier molecular flexibility index (Phi) is 5.25. The number of hydrogen-bond acceptors (Lipinski definition) is 6. The van der Waals surface area contributed by atoms with Crippen LogP contribution in [0, 0.1) is 10.1 Å². The van der Waals surface area contributed by atoms with Crippen LogP contribution in [0.25, 0.3) is 10.9 Å². The van der Waals surface area contributed by atoms with Crippen molar-refractivity contribution in [2.24, 2.45) is 0 Å². The molecule has 0 saturated carbocycles. The summed E-state index contributed by atoms with van der Waals surface area (Å²) in [5.74, 6) is -1.10. The van der Waals surface area contributed by atoms with Crippen molar-refractivity contribution >= 4 is 34.2 Å². The van der Waals surface area contributed by atoms with Gasteiger partial charge in [0.15, 0.2) is 6.10 Å². The van der Waals surface area contributed by atoms with Crippen molar-refractivity contribution in [3.63, 3.8) is 0 Å². The van der Waals surface area contributed by atoms with E-state index < -0.39 is 22.9 Å². The second-order valence-electron chi connectivity index (χ2n) is 5.95. The zero-order valence-electron chi connectivity index (χ0n) is 15.1. The minimum atomic E-state index is -1.14. The summed E-state index contributed by atoms with van der Waals surface area (Å²) in [6.45, 7) is 1.40. The summed E-state index contributed by atoms with van der Waals surface area (Å²) < 4.78 is 10.3. The maximum absolute atomic E-state index is 12.4. The molecule has 0 saturated heterocycles. The molecule has 28 heavy (non-hydrogen) atoms. The fourth-order valence-corrected chi connectivity index (χ4v) is 2.60. The van der Waals surface area contributed by atoms with E-state index >= 15 is 0 Å². The van der Waals surface area contributed by atoms with Crippen molar-refractivity contribution in [2.45, 2.75) is 13.0 Å². The molecule has 9 nitrogen and oxygen atoms in total. The number of non-ortho nitro benzene ring substituents is 1. The highest BCUT2D eigenvalue weighted by Gasteiger charge is 2.22. The van der Waals surface area contributed by atoms with Crippen LogP contribution >= 0.6 is 0 Å². The van der Waals surface area contributed by atoms with Crippen molar-refractivity contribution in [3.8, 4) is 5.75 Å². The Morgan fingerprint density at radius 2 is 1.93 bits per heavy atom. The van der Waals surface area contributed by atoms with Gasteiger partial charge in [-0.15, -0.1) is 0 Å². The molecule has 144 valence electrons. The van der Waals surface area contributed by atoms with E-state index in [1.807, 2.05) is 24.3 Å². The van der Waals surface area contributed by atoms with Crippen molar-refractivity contribution in [1.29, 1.82) is 0 Å². The number of nitro benzene ring substituents is 1. The zero-order valence-corrected chi connectivity index (χ0v) is 15.1. The van der Waals surface area contributed by atoms with E-state index in [1.165, 1.54) is 32.2 Å². The number of aromatic amines is 1. The highest BCUT2D eigenvalue weighted by atomic mass is 16.6. The van der Waals surface area contributed by atoms with Gasteiger partial charge in [0, 0.05) is 23.0 Å². The van der Waals surface area contributed by atoms with Crippen molar-refractivity contribution in [2.75, 3.05) is 12.4 Å². The Labute approximate surface area is 159 Å². The number of aromatic nitrogens is 1. The molecule has 0 aliphatic rings. The maximum Gasteiger partial charge on any atom is 0.355 e. The van der Waals surface area contributed by atoms with Gasteiger partial charge in [-0.05, 0) is 25.1 Å². The number of methoxy groups -OCH3 is 1. The van der Waals surface area contributed by atoms with E-state index in [0.29, 0.717) is 0 Å². The van der Waals surface area contributed by atoms with Gasteiger partial charge in [-0.2, -0.15) is 0 Å². The van der Waals surface area contributed by atoms with E-state index in [1.54, 1.807) is 6.07 Å². The molecule has 0 aliphatic carbocycles. The fourth-order valence-electron chi connectivity index (χ4n) is 2.60. The molecule has 9 heteroatoms. The van der Waals surface area contributed by atoms with Gasteiger partial charge in [0.25, 0.3) is 11.6 Å². The predicted molar refractivity (Wildman–Crippen MR) is 101 cm³/mol. The Morgan fingerprint density at radius 3 is 2.61 bits per heavy atom. The molecule has 2 N–H and O–H groups in total. The second kappa shape index (κ2) is 7.78. The van der Waals surface area contributed by atoms with Crippen LogP contribution in [0.15, 0.2) is 48.5 Å². The molecule has 1 aromatic heterocycles. The van der Waals surface area contributed by atoms with Gasteiger partial charge in [0.2, 0.25) is 0 Å². The second-order valence-corrected chi connectivity index (χ2v) is 5.95. The quantitative estimate of drug-likeness (QED) is 0.382. The molecule has 0 bridgehead atoms. The number of amides is 1. The summed E-state index contributed by atoms with van der Waals surface area (Å²) in [5, 5.41) is 14.3. The molecule has 1 amide bonds. The van der Waals surface area contributed by atoms with Crippen molar-refractivity contribution in [3.05, 3.63) is 64.3 Å². The number of ether oxygens (including phenoxy) is 2. The lowest BCUT2D eigenvalue weighted by molar-refractivity contribution is -0.384. The topological polar surface area (TPSA) is 124 Å². The van der Waals surface area contributed by atoms with E-state index in [0.717, 1.165) is 10.9 Å². The molecule has 0 radical (unpaired) electrons. The first kappa shape index (κ1) is 18.9. The monoisotopic (exact) mass is 383 g/mol. The number of H-pyrrole nitrogens is 1. The van der Waals surface area contributed by atoms with Crippen LogP contribution in [-0.2, 0) is 9.53 Å². The van der Waals surface area contributed by atoms with Crippen molar-refractivity contribution < 1.29 is 24.0 Å². The first-order valence-corrected chi connectivity index (χ1v) is 8.31. The Bertz CT molecular complexity index is 1030. The number of para-hydroxylation sites is 1. The molecule has 3 aromatic rings. The van der Waals surface area contributed by atoms with Gasteiger partial charge in [0.05, 0.1) is 17.7 Å². The van der Waals surface area contributed by atoms with Crippen molar-refractivity contribution in [1.82, 2.24) is 4.98 Å². The number of rotatable bonds is 6. The van der Waals surface area contributed by atoms with Crippen LogP contribution in [0.5, 0.6) is 5.75 Å². The molecule has 1 atom stereocenters. The molecule has 0 fully saturated rings. The van der Waals surface area contributed by atoms with Crippen LogP contribution in [0.1, 0.15) is 17.4 Å². The molecular weight excluding hydrogens is 366 g/mol. The van der Waals surface area contributed by atoms with Crippen LogP contribution < -0.4 is 10.1 Å². The third-order valence-corrected chi connectivity index (χ3v) is 4.05. The summed E-state index contributed by atoms with van der Waals surface area (Å²) in [4.78, 5) is 37.9. The SMILES string of the molecule is COc1ccc([N+](=O)[O-])cc1NC(=O)[C@H](C)OC(=O)c1cc2ccccc2[nH]1. The lowest BCUT2D eigenvalue weighted by Crippen LogP contribution is -2.30. The van der Waals surface area contributed by atoms with Crippen LogP contribution in [-0.4, -0.2) is 35.0 Å². The molecule has 3 rings (SSSR count). The largest absolute Gasteiger partial charge is 0.495 e. The highest BCUT2D eigenvalue weighted by Crippen LogP contribution is 2.29. The molecule has 1 heterocycles. The van der Waals surface area contributed by atoms with Crippen LogP contribution in [0.3, 0.4) is 0 Å². The van der Waals surface area contributed by atoms with Gasteiger partial charge < -0.3 is 19.8 Å². The molecule has 0 spiro atoms. The number of nitrogens with one attached hydrogen (secondary N) is 2. The smallest absolute Gasteiger partial charge is 0.355 e. The maximum atomic E-state index is 12.4. The molecule has 0 unspecified atom stereocenters. The number of fused-ring (bicyclic) bond motifs is 1. The van der Waals surface area contributed by atoms with Gasteiger partial charge >= 0.3 is 5.97 Å². The highest BCUT2D eigenvalue weighted by molar-refractivity contribution is 5.99. The van der Waals surface area contributed by atoms with Gasteiger partial charge in [-0.3, -0.25) is 14.9 Å². The average Bonchev–Trinajstić information content (AvgIpc) is 3.12. The number of benzene rings is 2. The molecular formula is C19H17N3O6. The number of nitro groups is 1. The van der Waals surface area contributed by atoms with Gasteiger partial charge in [-0.25, -0.2) is 4.79 Å². The lowest BCUT2D eigenvalue weighted by Gasteiger charge is -2.14. The zero-order chi connectivity index (χ0) is 20.3. The standard InChI is InChI=1S/C19H17N3O6/c1-11(28-19(24)16-9-12-5-3-4-6-14(12)20-16)18(23)21-15-10-13(22(25)26)7-8-17(15)27-2/h3-11,20H,1-2H3,(H,21,23)/t11-/m0/s1. The first-order valence-electron chi connectivity index (χ1n) is 8.31. The van der Waals surface area contributed by atoms with Gasteiger partial charge in [0.1, 0.15) is 11.4 Å². The molecule has 0 aliphatic heterocycles. The van der Waals surface area contributed by atoms with E-state index in [9.17, 15) is 19.7 Å². The lowest BCUT2D eigenvalue weighted by atomic mass is 10.2. The summed E-state index contributed by atoms with van der Waals surface area (Å²) in [5.41, 5.74) is 0.885. The Hall–Kier alpha value is -3.88. The fraction of sp³-hybridized carbons (Fsp3) is 0.158. The summed E-state index contributed by atoms with van der Waals surface area (Å²) in [6.07, 6.45) is -1.14. The third kappa shape index (κ3) is 3.93. The van der Waals surface area contributed by atoms with Gasteiger partial charge in [-0.1, -0.05) is 18.2 Å². The number of carbonyl (C=O) groups excluding carboxylic acids is 2. The summed E-state index contributed by atoms with van der Waals surface area (Å²) >= 11 is 0. The minimum absolute atomic E-state index is 0.107. The van der Waals surface area contributed by atoms with E-state index in [-0.39, 0.29) is 22.8 Å². The predicted octanol–water partition coefficient (Wildman–Crippen LogP) is 3.27. The molecule has 2 aromatic carbocycles. The Morgan fingerprint density at radius 1 is 1.18 bits per heavy atom. The summed E-state index contributed by atoms with van der Waals surface area (Å²) in [6, 6.07) is 12.8. The third-order valence-electron chi connectivity index (χ3n) is 4.05. The number of hydrogen-bond donors (Lipinski definition) is 2. The van der Waals surface area contributed by atoms with E-state index in [2.05, 4.69) is 10.3 Å².